The zero-order chi connectivity index (χ0) is 16.9. The number of rotatable bonds is 5. The summed E-state index contributed by atoms with van der Waals surface area (Å²) < 4.78 is 15.4. The van der Waals surface area contributed by atoms with Crippen molar-refractivity contribution >= 4 is 50.1 Å². The molecule has 2 aromatic carbocycles. The number of halogens is 2. The topological polar surface area (TPSA) is 54.9 Å². The average molecular weight is 424 g/mol. The van der Waals surface area contributed by atoms with Gasteiger partial charge in [0.15, 0.2) is 4.34 Å². The van der Waals surface area contributed by atoms with Crippen LogP contribution in [0.4, 0.5) is 9.52 Å². The highest BCUT2D eigenvalue weighted by atomic mass is 79.9. The third kappa shape index (κ3) is 4.40. The summed E-state index contributed by atoms with van der Waals surface area (Å²) in [5.74, 6) is -0.346. The van der Waals surface area contributed by atoms with E-state index in [1.54, 1.807) is 6.07 Å². The maximum atomic E-state index is 13.6. The third-order valence-electron chi connectivity index (χ3n) is 3.02. The van der Waals surface area contributed by atoms with Crippen LogP contribution in [0.3, 0.4) is 0 Å². The number of amides is 1. The first-order chi connectivity index (χ1) is 11.6. The van der Waals surface area contributed by atoms with Gasteiger partial charge in [0.25, 0.3) is 5.91 Å². The number of carbonyl (C=O) groups is 1. The van der Waals surface area contributed by atoms with Crippen LogP contribution in [0.5, 0.6) is 0 Å². The van der Waals surface area contributed by atoms with E-state index in [1.807, 2.05) is 24.3 Å². The summed E-state index contributed by atoms with van der Waals surface area (Å²) in [7, 11) is 0. The van der Waals surface area contributed by atoms with Crippen molar-refractivity contribution in [1.82, 2.24) is 10.2 Å². The molecule has 0 aliphatic heterocycles. The molecular formula is C16H11BrFN3OS2. The van der Waals surface area contributed by atoms with E-state index in [2.05, 4.69) is 31.4 Å². The van der Waals surface area contributed by atoms with Gasteiger partial charge in [-0.2, -0.15) is 0 Å². The number of hydrogen-bond acceptors (Lipinski definition) is 5. The summed E-state index contributed by atoms with van der Waals surface area (Å²) in [5.41, 5.74) is 1.15. The van der Waals surface area contributed by atoms with Crippen molar-refractivity contribution in [2.45, 2.75) is 10.1 Å². The Morgan fingerprint density at radius 1 is 1.17 bits per heavy atom. The molecule has 0 aliphatic rings. The van der Waals surface area contributed by atoms with Crippen LogP contribution in [0.25, 0.3) is 0 Å². The van der Waals surface area contributed by atoms with Crippen molar-refractivity contribution < 1.29 is 9.18 Å². The molecule has 24 heavy (non-hydrogen) atoms. The number of nitrogens with one attached hydrogen (secondary N) is 1. The van der Waals surface area contributed by atoms with E-state index in [4.69, 9.17) is 0 Å². The van der Waals surface area contributed by atoms with Gasteiger partial charge in [0.2, 0.25) is 5.13 Å². The maximum Gasteiger partial charge on any atom is 0.260 e. The molecule has 4 nitrogen and oxygen atoms in total. The Bertz CT molecular complexity index is 855. The molecule has 0 unspecified atom stereocenters. The monoisotopic (exact) mass is 423 g/mol. The van der Waals surface area contributed by atoms with Gasteiger partial charge in [0.05, 0.1) is 5.56 Å². The summed E-state index contributed by atoms with van der Waals surface area (Å²) in [6, 6.07) is 13.8. The largest absolute Gasteiger partial charge is 0.296 e. The van der Waals surface area contributed by atoms with E-state index in [0.717, 1.165) is 20.1 Å². The highest BCUT2D eigenvalue weighted by Gasteiger charge is 2.13. The van der Waals surface area contributed by atoms with Gasteiger partial charge < -0.3 is 0 Å². The smallest absolute Gasteiger partial charge is 0.260 e. The van der Waals surface area contributed by atoms with Crippen molar-refractivity contribution in [2.75, 3.05) is 5.32 Å². The molecular weight excluding hydrogens is 413 g/mol. The minimum atomic E-state index is -0.565. The average Bonchev–Trinajstić information content (AvgIpc) is 3.02. The van der Waals surface area contributed by atoms with Crippen LogP contribution >= 0.6 is 39.0 Å². The Balaban J connectivity index is 1.60. The fraction of sp³-hybridized carbons (Fsp3) is 0.0625. The van der Waals surface area contributed by atoms with Crippen LogP contribution in [0, 0.1) is 5.82 Å². The Hall–Kier alpha value is -1.77. The number of nitrogens with zero attached hydrogens (tertiary/aromatic N) is 2. The number of carbonyl (C=O) groups excluding carboxylic acids is 1. The zero-order valence-corrected chi connectivity index (χ0v) is 15.4. The Labute approximate surface area is 154 Å². The first-order valence-corrected chi connectivity index (χ1v) is 9.48. The van der Waals surface area contributed by atoms with Gasteiger partial charge in [0.1, 0.15) is 5.82 Å². The highest BCUT2D eigenvalue weighted by Crippen LogP contribution is 2.29. The van der Waals surface area contributed by atoms with E-state index in [0.29, 0.717) is 5.13 Å². The summed E-state index contributed by atoms with van der Waals surface area (Å²) in [5, 5.41) is 10.9. The number of hydrogen-bond donors (Lipinski definition) is 1. The molecule has 3 aromatic rings. The minimum absolute atomic E-state index is 0.0169. The molecule has 0 saturated heterocycles. The Kier molecular flexibility index (Phi) is 5.60. The van der Waals surface area contributed by atoms with Crippen molar-refractivity contribution in [3.63, 3.8) is 0 Å². The molecule has 0 fully saturated rings. The van der Waals surface area contributed by atoms with E-state index < -0.39 is 11.7 Å². The molecule has 0 saturated carbocycles. The minimum Gasteiger partial charge on any atom is -0.296 e. The lowest BCUT2D eigenvalue weighted by atomic mass is 10.2. The van der Waals surface area contributed by atoms with E-state index in [1.165, 1.54) is 41.3 Å². The van der Waals surface area contributed by atoms with E-state index in [9.17, 15) is 9.18 Å². The summed E-state index contributed by atoms with van der Waals surface area (Å²) in [6.07, 6.45) is 0. The number of thioether (sulfide) groups is 1. The molecule has 1 heterocycles. The second-order valence-electron chi connectivity index (χ2n) is 4.72. The SMILES string of the molecule is O=C(Nc1nnc(SCc2ccc(Br)cc2)s1)c1ccccc1F. The standard InChI is InChI=1S/C16H11BrFN3OS2/c17-11-7-5-10(6-8-11)9-23-16-21-20-15(24-16)19-14(22)12-3-1-2-4-13(12)18/h1-8H,9H2,(H,19,20,22). The molecule has 0 spiro atoms. The lowest BCUT2D eigenvalue weighted by Crippen LogP contribution is -2.13. The zero-order valence-electron chi connectivity index (χ0n) is 12.2. The molecule has 1 aromatic heterocycles. The fourth-order valence-electron chi connectivity index (χ4n) is 1.85. The number of benzene rings is 2. The van der Waals surface area contributed by atoms with Crippen molar-refractivity contribution in [3.05, 3.63) is 69.9 Å². The first-order valence-electron chi connectivity index (χ1n) is 6.88. The molecule has 122 valence electrons. The number of anilines is 1. The third-order valence-corrected chi connectivity index (χ3v) is 5.59. The van der Waals surface area contributed by atoms with Crippen LogP contribution in [-0.2, 0) is 5.75 Å². The second-order valence-corrected chi connectivity index (χ2v) is 7.84. The van der Waals surface area contributed by atoms with Crippen LogP contribution < -0.4 is 5.32 Å². The molecule has 0 bridgehead atoms. The molecule has 0 aliphatic carbocycles. The van der Waals surface area contributed by atoms with Crippen molar-refractivity contribution in [1.29, 1.82) is 0 Å². The van der Waals surface area contributed by atoms with Gasteiger partial charge in [0, 0.05) is 10.2 Å². The van der Waals surface area contributed by atoms with Gasteiger partial charge in [-0.05, 0) is 29.8 Å². The number of aromatic nitrogens is 2. The lowest BCUT2D eigenvalue weighted by Gasteiger charge is -2.01. The van der Waals surface area contributed by atoms with E-state index in [-0.39, 0.29) is 5.56 Å². The predicted octanol–water partition coefficient (Wildman–Crippen LogP) is 4.98. The molecule has 3 rings (SSSR count). The quantitative estimate of drug-likeness (QED) is 0.464. The molecule has 8 heteroatoms. The van der Waals surface area contributed by atoms with Crippen molar-refractivity contribution in [3.8, 4) is 0 Å². The fourth-order valence-corrected chi connectivity index (χ4v) is 3.82. The van der Waals surface area contributed by atoms with Crippen LogP contribution in [0.15, 0.2) is 57.3 Å². The van der Waals surface area contributed by atoms with Crippen LogP contribution in [0.2, 0.25) is 0 Å². The van der Waals surface area contributed by atoms with Crippen LogP contribution in [0.1, 0.15) is 15.9 Å². The van der Waals surface area contributed by atoms with Gasteiger partial charge >= 0.3 is 0 Å². The molecule has 1 N–H and O–H groups in total. The second kappa shape index (κ2) is 7.87. The molecule has 0 atom stereocenters. The Morgan fingerprint density at radius 3 is 2.67 bits per heavy atom. The first kappa shape index (κ1) is 17.1. The lowest BCUT2D eigenvalue weighted by molar-refractivity contribution is 0.102. The van der Waals surface area contributed by atoms with Crippen molar-refractivity contribution in [2.24, 2.45) is 0 Å². The van der Waals surface area contributed by atoms with E-state index >= 15 is 0 Å². The predicted molar refractivity (Wildman–Crippen MR) is 98.0 cm³/mol. The maximum absolute atomic E-state index is 13.6. The molecule has 0 radical (unpaired) electrons. The summed E-state index contributed by atoms with van der Waals surface area (Å²) in [6.45, 7) is 0. The highest BCUT2D eigenvalue weighted by molar-refractivity contribution is 9.10. The summed E-state index contributed by atoms with van der Waals surface area (Å²) in [4.78, 5) is 12.0. The van der Waals surface area contributed by atoms with Gasteiger partial charge in [-0.3, -0.25) is 10.1 Å². The molecule has 1 amide bonds. The van der Waals surface area contributed by atoms with Gasteiger partial charge in [-0.15, -0.1) is 10.2 Å². The normalized spacial score (nSPS) is 10.6. The Morgan fingerprint density at radius 2 is 1.92 bits per heavy atom. The van der Waals surface area contributed by atoms with Gasteiger partial charge in [-0.1, -0.05) is 63.3 Å². The van der Waals surface area contributed by atoms with Crippen LogP contribution in [-0.4, -0.2) is 16.1 Å². The van der Waals surface area contributed by atoms with Gasteiger partial charge in [-0.25, -0.2) is 4.39 Å². The summed E-state index contributed by atoms with van der Waals surface area (Å²) >= 11 is 6.19.